The molecule has 0 unspecified atom stereocenters. The van der Waals surface area contributed by atoms with E-state index in [-0.39, 0.29) is 12.6 Å². The maximum absolute atomic E-state index is 10.2. The molecular formula is C12H17NO2. The van der Waals surface area contributed by atoms with Gasteiger partial charge in [0, 0.05) is 0 Å². The van der Waals surface area contributed by atoms with Crippen molar-refractivity contribution in [2.45, 2.75) is 40.3 Å². The third kappa shape index (κ3) is 3.05. The van der Waals surface area contributed by atoms with E-state index in [9.17, 15) is 4.91 Å². The van der Waals surface area contributed by atoms with Crippen molar-refractivity contribution in [2.24, 2.45) is 5.18 Å². The van der Waals surface area contributed by atoms with Crippen LogP contribution in [0.25, 0.3) is 0 Å². The molecule has 82 valence electrons. The van der Waals surface area contributed by atoms with Gasteiger partial charge in [-0.2, -0.15) is 4.91 Å². The molecule has 1 rings (SSSR count). The number of hydrogen-bond acceptors (Lipinski definition) is 3. The van der Waals surface area contributed by atoms with Gasteiger partial charge in [0.1, 0.15) is 12.3 Å². The third-order valence-electron chi connectivity index (χ3n) is 2.12. The second-order valence-corrected chi connectivity index (χ2v) is 4.01. The van der Waals surface area contributed by atoms with Gasteiger partial charge in [-0.3, -0.25) is 0 Å². The molecule has 0 saturated heterocycles. The van der Waals surface area contributed by atoms with Crippen molar-refractivity contribution in [3.05, 3.63) is 33.7 Å². The lowest BCUT2D eigenvalue weighted by Crippen LogP contribution is -2.08. The largest absolute Gasteiger partial charge is 0.490 e. The summed E-state index contributed by atoms with van der Waals surface area (Å²) < 4.78 is 5.70. The topological polar surface area (TPSA) is 38.7 Å². The number of rotatable bonds is 4. The van der Waals surface area contributed by atoms with Crippen molar-refractivity contribution >= 4 is 0 Å². The first kappa shape index (κ1) is 11.7. The van der Waals surface area contributed by atoms with E-state index in [0.717, 1.165) is 22.4 Å². The summed E-state index contributed by atoms with van der Waals surface area (Å²) in [6.07, 6.45) is 0.164. The standard InChI is InChI=1S/C12H17NO2/c1-8(2)15-12-9(3)5-11(7-13-14)6-10(12)4/h5-6,8H,7H2,1-4H3. The summed E-state index contributed by atoms with van der Waals surface area (Å²) in [5.41, 5.74) is 3.06. The van der Waals surface area contributed by atoms with E-state index in [0.29, 0.717) is 0 Å². The molecule has 3 heteroatoms. The zero-order valence-electron chi connectivity index (χ0n) is 9.70. The predicted molar refractivity (Wildman–Crippen MR) is 61.2 cm³/mol. The predicted octanol–water partition coefficient (Wildman–Crippen LogP) is 3.36. The van der Waals surface area contributed by atoms with Gasteiger partial charge in [-0.25, -0.2) is 0 Å². The average molecular weight is 207 g/mol. The fraction of sp³-hybridized carbons (Fsp3) is 0.500. The smallest absolute Gasteiger partial charge is 0.125 e. The van der Waals surface area contributed by atoms with E-state index in [4.69, 9.17) is 4.74 Å². The van der Waals surface area contributed by atoms with E-state index >= 15 is 0 Å². The molecule has 3 nitrogen and oxygen atoms in total. The number of hydrogen-bond donors (Lipinski definition) is 0. The lowest BCUT2D eigenvalue weighted by molar-refractivity contribution is 0.239. The van der Waals surface area contributed by atoms with Crippen LogP contribution in [0.15, 0.2) is 17.3 Å². The molecule has 15 heavy (non-hydrogen) atoms. The van der Waals surface area contributed by atoms with Crippen LogP contribution in [0.2, 0.25) is 0 Å². The van der Waals surface area contributed by atoms with Crippen LogP contribution in [-0.2, 0) is 6.54 Å². The molecule has 0 heterocycles. The molecule has 1 aromatic carbocycles. The van der Waals surface area contributed by atoms with Gasteiger partial charge in [-0.1, -0.05) is 17.3 Å². The van der Waals surface area contributed by atoms with E-state index in [1.807, 2.05) is 39.8 Å². The molecule has 1 aromatic rings. The van der Waals surface area contributed by atoms with Crippen LogP contribution in [-0.4, -0.2) is 6.10 Å². The molecule has 0 bridgehead atoms. The van der Waals surface area contributed by atoms with Crippen LogP contribution in [0.4, 0.5) is 0 Å². The molecule has 0 aliphatic heterocycles. The van der Waals surface area contributed by atoms with Crippen LogP contribution in [0, 0.1) is 18.8 Å². The van der Waals surface area contributed by atoms with Gasteiger partial charge in [-0.05, 0) is 44.4 Å². The Bertz CT molecular complexity index is 336. The Kier molecular flexibility index (Phi) is 3.83. The fourth-order valence-electron chi connectivity index (χ4n) is 1.63. The molecule has 0 N–H and O–H groups in total. The molecule has 0 aromatic heterocycles. The van der Waals surface area contributed by atoms with Crippen molar-refractivity contribution in [3.8, 4) is 5.75 Å². The molecule has 0 saturated carbocycles. The minimum absolute atomic E-state index is 0.164. The van der Waals surface area contributed by atoms with Gasteiger partial charge in [0.2, 0.25) is 0 Å². The van der Waals surface area contributed by atoms with Crippen LogP contribution < -0.4 is 4.74 Å². The van der Waals surface area contributed by atoms with Crippen LogP contribution >= 0.6 is 0 Å². The highest BCUT2D eigenvalue weighted by Gasteiger charge is 2.07. The Morgan fingerprint density at radius 2 is 1.80 bits per heavy atom. The Balaban J connectivity index is 3.03. The highest BCUT2D eigenvalue weighted by Crippen LogP contribution is 2.26. The van der Waals surface area contributed by atoms with Crippen molar-refractivity contribution < 1.29 is 4.74 Å². The number of nitroso groups, excluding NO2 is 1. The third-order valence-corrected chi connectivity index (χ3v) is 2.12. The van der Waals surface area contributed by atoms with Crippen molar-refractivity contribution in [1.29, 1.82) is 0 Å². The molecule has 0 amide bonds. The summed E-state index contributed by atoms with van der Waals surface area (Å²) in [6.45, 7) is 8.20. The Morgan fingerprint density at radius 1 is 1.27 bits per heavy atom. The van der Waals surface area contributed by atoms with Gasteiger partial charge in [-0.15, -0.1) is 0 Å². The SMILES string of the molecule is Cc1cc(CN=O)cc(C)c1OC(C)C. The molecule has 0 aliphatic carbocycles. The lowest BCUT2D eigenvalue weighted by atomic mass is 10.1. The van der Waals surface area contributed by atoms with E-state index in [2.05, 4.69) is 5.18 Å². The van der Waals surface area contributed by atoms with Gasteiger partial charge >= 0.3 is 0 Å². The zero-order valence-corrected chi connectivity index (χ0v) is 9.70. The Morgan fingerprint density at radius 3 is 2.20 bits per heavy atom. The van der Waals surface area contributed by atoms with Crippen molar-refractivity contribution in [3.63, 3.8) is 0 Å². The first-order valence-corrected chi connectivity index (χ1v) is 5.10. The van der Waals surface area contributed by atoms with Crippen LogP contribution in [0.5, 0.6) is 5.75 Å². The quantitative estimate of drug-likeness (QED) is 0.710. The van der Waals surface area contributed by atoms with Gasteiger partial charge in [0.25, 0.3) is 0 Å². The van der Waals surface area contributed by atoms with Gasteiger partial charge in [0.15, 0.2) is 0 Å². The number of ether oxygens (including phenoxy) is 1. The fourth-order valence-corrected chi connectivity index (χ4v) is 1.63. The monoisotopic (exact) mass is 207 g/mol. The zero-order chi connectivity index (χ0) is 11.4. The first-order valence-electron chi connectivity index (χ1n) is 5.10. The summed E-state index contributed by atoms with van der Waals surface area (Å²) in [7, 11) is 0. The van der Waals surface area contributed by atoms with Crippen molar-refractivity contribution in [2.75, 3.05) is 0 Å². The van der Waals surface area contributed by atoms with E-state index in [1.54, 1.807) is 0 Å². The molecule has 0 spiro atoms. The minimum Gasteiger partial charge on any atom is -0.490 e. The maximum Gasteiger partial charge on any atom is 0.125 e. The van der Waals surface area contributed by atoms with Crippen molar-refractivity contribution in [1.82, 2.24) is 0 Å². The minimum atomic E-state index is 0.164. The molecular weight excluding hydrogens is 190 g/mol. The summed E-state index contributed by atoms with van der Waals surface area (Å²) in [5.74, 6) is 0.916. The molecule has 0 radical (unpaired) electrons. The van der Waals surface area contributed by atoms with Gasteiger partial charge in [0.05, 0.1) is 6.10 Å². The van der Waals surface area contributed by atoms with Gasteiger partial charge < -0.3 is 4.74 Å². The Labute approximate surface area is 90.4 Å². The second kappa shape index (κ2) is 4.91. The average Bonchev–Trinajstić information content (AvgIpc) is 2.11. The maximum atomic E-state index is 10.2. The first-order chi connectivity index (χ1) is 7.04. The highest BCUT2D eigenvalue weighted by atomic mass is 16.5. The number of aryl methyl sites for hydroxylation is 2. The van der Waals surface area contributed by atoms with Crippen LogP contribution in [0.1, 0.15) is 30.5 Å². The summed E-state index contributed by atoms with van der Waals surface area (Å²) >= 11 is 0. The second-order valence-electron chi connectivity index (χ2n) is 4.01. The normalized spacial score (nSPS) is 10.5. The lowest BCUT2D eigenvalue weighted by Gasteiger charge is -2.15. The number of benzene rings is 1. The number of nitrogens with zero attached hydrogens (tertiary/aromatic N) is 1. The summed E-state index contributed by atoms with van der Waals surface area (Å²) in [6, 6.07) is 3.90. The Hall–Kier alpha value is -1.38. The van der Waals surface area contributed by atoms with E-state index in [1.165, 1.54) is 0 Å². The summed E-state index contributed by atoms with van der Waals surface area (Å²) in [4.78, 5) is 10.2. The molecule has 0 fully saturated rings. The van der Waals surface area contributed by atoms with E-state index < -0.39 is 0 Å². The molecule has 0 atom stereocenters. The summed E-state index contributed by atoms with van der Waals surface area (Å²) in [5, 5.41) is 2.89. The molecule has 0 aliphatic rings. The highest BCUT2D eigenvalue weighted by molar-refractivity contribution is 5.43. The van der Waals surface area contributed by atoms with Crippen LogP contribution in [0.3, 0.4) is 0 Å².